The van der Waals surface area contributed by atoms with E-state index in [9.17, 15) is 19.5 Å². The molecule has 0 radical (unpaired) electrons. The minimum atomic E-state index is -0.661. The number of aliphatic hydroxyl groups is 1. The first-order valence-electron chi connectivity index (χ1n) is 11.8. The number of carbonyl (C=O) groups is 3. The molecule has 8 heteroatoms. The van der Waals surface area contributed by atoms with Crippen molar-refractivity contribution in [3.63, 3.8) is 0 Å². The highest BCUT2D eigenvalue weighted by Gasteiger charge is 2.56. The molecule has 0 saturated carbocycles. The third-order valence-corrected chi connectivity index (χ3v) is 8.48. The number of esters is 2. The summed E-state index contributed by atoms with van der Waals surface area (Å²) in [6.45, 7) is 3.55. The first kappa shape index (κ1) is 20.9. The van der Waals surface area contributed by atoms with Crippen molar-refractivity contribution in [1.82, 2.24) is 9.80 Å². The first-order chi connectivity index (χ1) is 15.9. The molecular formula is C25H28N2O6. The Morgan fingerprint density at radius 2 is 1.88 bits per heavy atom. The molecule has 1 aromatic carbocycles. The van der Waals surface area contributed by atoms with Gasteiger partial charge in [-0.3, -0.25) is 9.69 Å². The van der Waals surface area contributed by atoms with E-state index >= 15 is 0 Å². The molecule has 2 bridgehead atoms. The fourth-order valence-corrected chi connectivity index (χ4v) is 6.76. The van der Waals surface area contributed by atoms with Crippen LogP contribution in [-0.2, 0) is 25.7 Å². The maximum absolute atomic E-state index is 13.4. The zero-order chi connectivity index (χ0) is 22.9. The summed E-state index contributed by atoms with van der Waals surface area (Å²) < 4.78 is 10.2. The minimum Gasteiger partial charge on any atom is -0.457 e. The summed E-state index contributed by atoms with van der Waals surface area (Å²) in [5, 5.41) is 11.1. The summed E-state index contributed by atoms with van der Waals surface area (Å²) in [7, 11) is 0. The molecule has 1 unspecified atom stereocenters. The largest absolute Gasteiger partial charge is 0.457 e. The van der Waals surface area contributed by atoms with Crippen LogP contribution in [-0.4, -0.2) is 64.5 Å². The molecule has 5 aliphatic rings. The van der Waals surface area contributed by atoms with Gasteiger partial charge in [-0.2, -0.15) is 0 Å². The summed E-state index contributed by atoms with van der Waals surface area (Å²) in [6, 6.07) is 4.12. The normalized spacial score (nSPS) is 31.8. The number of likely N-dealkylation sites (tertiary alicyclic amines) is 1. The van der Waals surface area contributed by atoms with Crippen molar-refractivity contribution in [2.75, 3.05) is 19.7 Å². The number of ether oxygens (including phenoxy) is 2. The van der Waals surface area contributed by atoms with E-state index in [4.69, 9.17) is 9.47 Å². The van der Waals surface area contributed by atoms with Crippen molar-refractivity contribution in [3.05, 3.63) is 46.2 Å². The molecule has 33 heavy (non-hydrogen) atoms. The third kappa shape index (κ3) is 3.14. The molecule has 1 spiro atoms. The summed E-state index contributed by atoms with van der Waals surface area (Å²) in [5.74, 6) is -0.545. The molecule has 0 aliphatic carbocycles. The van der Waals surface area contributed by atoms with Crippen molar-refractivity contribution < 1.29 is 29.0 Å². The van der Waals surface area contributed by atoms with Gasteiger partial charge in [0.25, 0.3) is 0 Å². The molecule has 6 rings (SSSR count). The Hall–Kier alpha value is -2.71. The lowest BCUT2D eigenvalue weighted by Gasteiger charge is -2.44. The lowest BCUT2D eigenvalue weighted by Crippen LogP contribution is -2.51. The van der Waals surface area contributed by atoms with Crippen LogP contribution < -0.4 is 0 Å². The number of benzene rings is 1. The van der Waals surface area contributed by atoms with Crippen LogP contribution in [0.1, 0.15) is 65.3 Å². The molecule has 1 aromatic rings. The number of cyclic esters (lactones) is 2. The topological polar surface area (TPSA) is 96.4 Å². The highest BCUT2D eigenvalue weighted by Crippen LogP contribution is 2.52. The van der Waals surface area contributed by atoms with E-state index < -0.39 is 6.10 Å². The summed E-state index contributed by atoms with van der Waals surface area (Å²) in [4.78, 5) is 40.9. The van der Waals surface area contributed by atoms with Gasteiger partial charge < -0.3 is 19.5 Å². The molecular weight excluding hydrogens is 424 g/mol. The standard InChI is InChI=1S/C25H28N2O6/c1-14-18(4-5-19-20(14)13-33-23(19)30)21(28)11-27-15-2-3-16(27)10-25(9-15)6-7-26(24(25)31)17-8-22(29)32-12-17/h4-5,8,15-16,21,28H,2-3,6-7,9-13H2,1H3/t15-,16+,21-,25?/m0/s1. The van der Waals surface area contributed by atoms with E-state index in [-0.39, 0.29) is 48.6 Å². The quantitative estimate of drug-likeness (QED) is 0.698. The minimum absolute atomic E-state index is 0.128. The Bertz CT molecular complexity index is 1080. The Labute approximate surface area is 192 Å². The van der Waals surface area contributed by atoms with Crippen molar-refractivity contribution in [2.45, 2.75) is 63.8 Å². The van der Waals surface area contributed by atoms with Gasteiger partial charge >= 0.3 is 11.9 Å². The molecule has 0 aromatic heterocycles. The van der Waals surface area contributed by atoms with Crippen molar-refractivity contribution in [1.29, 1.82) is 0 Å². The molecule has 1 N–H and O–H groups in total. The molecule has 1 amide bonds. The fourth-order valence-electron chi connectivity index (χ4n) is 6.76. The lowest BCUT2D eigenvalue weighted by molar-refractivity contribution is -0.140. The summed E-state index contributed by atoms with van der Waals surface area (Å²) >= 11 is 0. The summed E-state index contributed by atoms with van der Waals surface area (Å²) in [5.41, 5.74) is 3.54. The third-order valence-electron chi connectivity index (χ3n) is 8.48. The van der Waals surface area contributed by atoms with E-state index in [1.54, 1.807) is 11.0 Å². The molecule has 3 fully saturated rings. The van der Waals surface area contributed by atoms with Crippen LogP contribution in [0.15, 0.2) is 23.9 Å². The molecule has 4 atom stereocenters. The smallest absolute Gasteiger partial charge is 0.338 e. The fraction of sp³-hybridized carbons (Fsp3) is 0.560. The second kappa shape index (κ2) is 7.40. The SMILES string of the molecule is Cc1c([C@@H](O)CN2[C@@H]3CC[C@H]2CC2(CCN(C4=CC(=O)OC4)C2=O)C3)ccc2c1COC2=O. The van der Waals surface area contributed by atoms with Crippen molar-refractivity contribution >= 4 is 17.8 Å². The maximum atomic E-state index is 13.4. The predicted octanol–water partition coefficient (Wildman–Crippen LogP) is 1.99. The molecule has 3 saturated heterocycles. The van der Waals surface area contributed by atoms with Gasteiger partial charge in [-0.05, 0) is 56.2 Å². The van der Waals surface area contributed by atoms with Crippen LogP contribution in [0.25, 0.3) is 0 Å². The molecule has 5 aliphatic heterocycles. The van der Waals surface area contributed by atoms with Crippen LogP contribution in [0.3, 0.4) is 0 Å². The predicted molar refractivity (Wildman–Crippen MR) is 116 cm³/mol. The number of piperidine rings is 1. The number of fused-ring (bicyclic) bond motifs is 3. The van der Waals surface area contributed by atoms with Gasteiger partial charge in [0.15, 0.2) is 0 Å². The number of carbonyl (C=O) groups excluding carboxylic acids is 3. The lowest BCUT2D eigenvalue weighted by atomic mass is 9.73. The molecule has 174 valence electrons. The monoisotopic (exact) mass is 452 g/mol. The van der Waals surface area contributed by atoms with Crippen LogP contribution >= 0.6 is 0 Å². The number of rotatable bonds is 4. The van der Waals surface area contributed by atoms with Crippen LogP contribution in [0.4, 0.5) is 0 Å². The van der Waals surface area contributed by atoms with E-state index in [0.29, 0.717) is 24.4 Å². The van der Waals surface area contributed by atoms with Gasteiger partial charge in [-0.15, -0.1) is 0 Å². The van der Waals surface area contributed by atoms with Crippen molar-refractivity contribution in [2.24, 2.45) is 5.41 Å². The zero-order valence-electron chi connectivity index (χ0n) is 18.7. The summed E-state index contributed by atoms with van der Waals surface area (Å²) in [6.07, 6.45) is 5.22. The van der Waals surface area contributed by atoms with Crippen LogP contribution in [0.2, 0.25) is 0 Å². The Balaban J connectivity index is 1.18. The molecule has 8 nitrogen and oxygen atoms in total. The zero-order valence-corrected chi connectivity index (χ0v) is 18.7. The number of amides is 1. The van der Waals surface area contributed by atoms with Crippen LogP contribution in [0.5, 0.6) is 0 Å². The van der Waals surface area contributed by atoms with Gasteiger partial charge in [0.2, 0.25) is 5.91 Å². The highest BCUT2D eigenvalue weighted by molar-refractivity contribution is 5.94. The van der Waals surface area contributed by atoms with Gasteiger partial charge in [0.1, 0.15) is 13.2 Å². The van der Waals surface area contributed by atoms with Gasteiger partial charge in [-0.1, -0.05) is 6.07 Å². The maximum Gasteiger partial charge on any atom is 0.338 e. The van der Waals surface area contributed by atoms with Gasteiger partial charge in [0, 0.05) is 36.8 Å². The molecule has 5 heterocycles. The Morgan fingerprint density at radius 1 is 1.12 bits per heavy atom. The number of aliphatic hydroxyl groups excluding tert-OH is 1. The highest BCUT2D eigenvalue weighted by atomic mass is 16.5. The number of nitrogens with zero attached hydrogens (tertiary/aromatic N) is 2. The van der Waals surface area contributed by atoms with E-state index in [2.05, 4.69) is 4.90 Å². The van der Waals surface area contributed by atoms with Crippen LogP contribution in [0, 0.1) is 12.3 Å². The second-order valence-corrected chi connectivity index (χ2v) is 10.1. The Morgan fingerprint density at radius 3 is 2.58 bits per heavy atom. The van der Waals surface area contributed by atoms with E-state index in [0.717, 1.165) is 48.8 Å². The van der Waals surface area contributed by atoms with Gasteiger partial charge in [0.05, 0.1) is 22.8 Å². The van der Waals surface area contributed by atoms with Gasteiger partial charge in [-0.25, -0.2) is 9.59 Å². The second-order valence-electron chi connectivity index (χ2n) is 10.1. The Kier molecular flexibility index (Phi) is 4.68. The number of hydrogen-bond donors (Lipinski definition) is 1. The van der Waals surface area contributed by atoms with E-state index in [1.165, 1.54) is 6.08 Å². The number of hydrogen-bond acceptors (Lipinski definition) is 7. The first-order valence-corrected chi connectivity index (χ1v) is 11.8. The van der Waals surface area contributed by atoms with Crippen molar-refractivity contribution in [3.8, 4) is 0 Å². The average molecular weight is 453 g/mol. The average Bonchev–Trinajstić information content (AvgIpc) is 3.51. The van der Waals surface area contributed by atoms with E-state index in [1.807, 2.05) is 13.0 Å².